The molecule has 0 aromatic heterocycles. The van der Waals surface area contributed by atoms with Crippen LogP contribution in [0.1, 0.15) is 0 Å². The molecule has 0 aromatic carbocycles. The van der Waals surface area contributed by atoms with Gasteiger partial charge in [-0.2, -0.15) is 0 Å². The van der Waals surface area contributed by atoms with Gasteiger partial charge in [0.25, 0.3) is 0 Å². The van der Waals surface area contributed by atoms with Crippen LogP contribution in [0.3, 0.4) is 0 Å². The monoisotopic (exact) mass is 174 g/mol. The second kappa shape index (κ2) is 74.8. The van der Waals surface area contributed by atoms with Crippen LogP contribution in [0.4, 0.5) is 0 Å². The maximum absolute atomic E-state index is 6.47. The molecule has 0 unspecified atom stereocenters. The number of rotatable bonds is 0. The van der Waals surface area contributed by atoms with Gasteiger partial charge in [0.15, 0.2) is 0 Å². The van der Waals surface area contributed by atoms with E-state index in [1.165, 1.54) is 0 Å². The molecule has 0 aliphatic rings. The van der Waals surface area contributed by atoms with Crippen LogP contribution >= 0.6 is 11.9 Å². The Labute approximate surface area is 53.9 Å². The van der Waals surface area contributed by atoms with Crippen LogP contribution in [-0.2, 0) is 37.2 Å². The standard InChI is InChI=1S/ClHO.2O.Zr/c1-2;;;/h2H;;;/q;2*-2;+4. The molecule has 5 heavy (non-hydrogen) atoms. The summed E-state index contributed by atoms with van der Waals surface area (Å²) in [6.07, 6.45) is 0. The van der Waals surface area contributed by atoms with Gasteiger partial charge in [-0.25, -0.2) is 0 Å². The van der Waals surface area contributed by atoms with Gasteiger partial charge in [-0.1, -0.05) is 0 Å². The van der Waals surface area contributed by atoms with Crippen LogP contribution in [0.2, 0.25) is 0 Å². The second-order valence-electron chi connectivity index (χ2n) is 0. The predicted molar refractivity (Wildman–Crippen MR) is 9.44 cm³/mol. The zero-order valence-corrected chi connectivity index (χ0v) is 5.36. The first kappa shape index (κ1) is 36.7. The fourth-order valence-electron chi connectivity index (χ4n) is 0. The largest absolute Gasteiger partial charge is 4.00 e. The van der Waals surface area contributed by atoms with Crippen LogP contribution in [0.5, 0.6) is 0 Å². The zero-order chi connectivity index (χ0) is 2.00. The Bertz CT molecular complexity index is 6.85. The van der Waals surface area contributed by atoms with Crippen molar-refractivity contribution in [2.45, 2.75) is 0 Å². The maximum atomic E-state index is 6.47. The molecule has 0 rings (SSSR count). The van der Waals surface area contributed by atoms with Crippen molar-refractivity contribution in [1.29, 1.82) is 0 Å². The van der Waals surface area contributed by atoms with Crippen LogP contribution in [0.25, 0.3) is 0 Å². The van der Waals surface area contributed by atoms with E-state index in [-0.39, 0.29) is 37.2 Å². The average molecular weight is 176 g/mol. The first-order valence-corrected chi connectivity index (χ1v) is 0.507. The van der Waals surface area contributed by atoms with E-state index in [0.29, 0.717) is 0 Å². The van der Waals surface area contributed by atoms with Gasteiger partial charge in [-0.15, -0.1) is 0 Å². The summed E-state index contributed by atoms with van der Waals surface area (Å²) in [5, 5.41) is 0. The molecule has 0 fully saturated rings. The third-order valence-electron chi connectivity index (χ3n) is 0. The van der Waals surface area contributed by atoms with Crippen molar-refractivity contribution in [1.82, 2.24) is 0 Å². The molecule has 1 N–H and O–H groups in total. The molecule has 0 heterocycles. The smallest absolute Gasteiger partial charge is 2.00 e. The Morgan fingerprint density at radius 1 is 1.00 bits per heavy atom. The van der Waals surface area contributed by atoms with Gasteiger partial charge in [0.2, 0.25) is 0 Å². The van der Waals surface area contributed by atoms with Gasteiger partial charge >= 0.3 is 26.2 Å². The van der Waals surface area contributed by atoms with Crippen molar-refractivity contribution < 1.29 is 41.8 Å². The molecule has 0 radical (unpaired) electrons. The molecule has 0 saturated carbocycles. The Hall–Kier alpha value is 1.05. The molecule has 0 aliphatic carbocycles. The SMILES string of the molecule is OCl.[O-2].[O-2].[Zr+4]. The molecule has 3 nitrogen and oxygen atoms in total. The third-order valence-corrected chi connectivity index (χ3v) is 0. The quantitative estimate of drug-likeness (QED) is 0.548. The van der Waals surface area contributed by atoms with E-state index in [1.807, 2.05) is 0 Å². The van der Waals surface area contributed by atoms with E-state index in [0.717, 1.165) is 0 Å². The summed E-state index contributed by atoms with van der Waals surface area (Å²) in [6.45, 7) is 0. The summed E-state index contributed by atoms with van der Waals surface area (Å²) in [5.41, 5.74) is 0. The average Bonchev–Trinajstić information content (AvgIpc) is 1.00. The number of halogens is 1. The summed E-state index contributed by atoms with van der Waals surface area (Å²) in [5.74, 6) is 0. The minimum atomic E-state index is 0. The minimum absolute atomic E-state index is 0. The summed E-state index contributed by atoms with van der Waals surface area (Å²) >= 11 is 3.64. The van der Waals surface area contributed by atoms with Crippen molar-refractivity contribution in [3.05, 3.63) is 0 Å². The predicted octanol–water partition coefficient (Wildman–Crippen LogP) is -0.108. The zero-order valence-electron chi connectivity index (χ0n) is 2.14. The normalized spacial score (nSPS) is 1.20. The van der Waals surface area contributed by atoms with E-state index >= 15 is 0 Å². The van der Waals surface area contributed by atoms with Crippen molar-refractivity contribution in [2.24, 2.45) is 0 Å². The molecule has 0 atom stereocenters. The third kappa shape index (κ3) is 42.5. The van der Waals surface area contributed by atoms with Gasteiger partial charge in [0.05, 0.1) is 11.9 Å². The van der Waals surface area contributed by atoms with Gasteiger partial charge in [-0.05, 0) is 0 Å². The molecular formula is HClO3Zr. The molecule has 5 heteroatoms. The van der Waals surface area contributed by atoms with E-state index < -0.39 is 0 Å². The van der Waals surface area contributed by atoms with Crippen LogP contribution in [0, 0.1) is 0 Å². The molecule has 0 bridgehead atoms. The maximum Gasteiger partial charge on any atom is 4.00 e. The van der Waals surface area contributed by atoms with E-state index in [2.05, 4.69) is 11.9 Å². The summed E-state index contributed by atoms with van der Waals surface area (Å²) in [4.78, 5) is 0. The van der Waals surface area contributed by atoms with Crippen molar-refractivity contribution in [2.75, 3.05) is 0 Å². The molecule has 0 saturated heterocycles. The Kier molecular flexibility index (Phi) is 549. The van der Waals surface area contributed by atoms with Gasteiger partial charge in [0.1, 0.15) is 0 Å². The van der Waals surface area contributed by atoms with E-state index in [9.17, 15) is 0 Å². The summed E-state index contributed by atoms with van der Waals surface area (Å²) in [7, 11) is 0. The Balaban J connectivity index is -0.00000000167. The first-order valence-electron chi connectivity index (χ1n) is 0.169. The fourth-order valence-corrected chi connectivity index (χ4v) is 0. The van der Waals surface area contributed by atoms with Crippen LogP contribution < -0.4 is 0 Å². The van der Waals surface area contributed by atoms with E-state index in [1.54, 1.807) is 0 Å². The molecule has 0 aliphatic heterocycles. The topological polar surface area (TPSA) is 77.2 Å². The molecule has 0 aromatic rings. The summed E-state index contributed by atoms with van der Waals surface area (Å²) < 4.78 is 6.47. The molecule has 0 amide bonds. The van der Waals surface area contributed by atoms with Crippen molar-refractivity contribution >= 4 is 11.9 Å². The molecule has 0 spiro atoms. The van der Waals surface area contributed by atoms with E-state index in [4.69, 9.17) is 4.66 Å². The van der Waals surface area contributed by atoms with Gasteiger partial charge in [0, 0.05) is 0 Å². The molecule has 30 valence electrons. The van der Waals surface area contributed by atoms with Gasteiger partial charge < -0.3 is 11.0 Å². The Morgan fingerprint density at radius 3 is 1.00 bits per heavy atom. The Morgan fingerprint density at radius 2 is 1.00 bits per heavy atom. The first-order chi connectivity index (χ1) is 1.00. The van der Waals surface area contributed by atoms with Crippen molar-refractivity contribution in [3.8, 4) is 0 Å². The van der Waals surface area contributed by atoms with Crippen molar-refractivity contribution in [3.63, 3.8) is 0 Å². The number of hydrogen-bond donors (Lipinski definition) is 1. The molecular weight excluding hydrogens is 175 g/mol. The van der Waals surface area contributed by atoms with Crippen LogP contribution in [0.15, 0.2) is 0 Å². The van der Waals surface area contributed by atoms with Gasteiger partial charge in [-0.3, -0.25) is 4.66 Å². The second-order valence-corrected chi connectivity index (χ2v) is 0. The van der Waals surface area contributed by atoms with Crippen LogP contribution in [-0.4, -0.2) is 4.66 Å². The summed E-state index contributed by atoms with van der Waals surface area (Å²) in [6, 6.07) is 0. The number of hydrogen-bond acceptors (Lipinski definition) is 1. The minimum Gasteiger partial charge on any atom is -2.00 e. The fraction of sp³-hybridized carbons (Fsp3) is 0.